The van der Waals surface area contributed by atoms with Gasteiger partial charge < -0.3 is 10.4 Å². The number of fused-ring (bicyclic) bond motifs is 1. The van der Waals surface area contributed by atoms with Gasteiger partial charge in [-0.3, -0.25) is 0 Å². The number of hydrogen-bond donors (Lipinski definition) is 2. The molecule has 0 bridgehead atoms. The molecule has 5 nitrogen and oxygen atoms in total. The molecule has 0 aliphatic rings. The summed E-state index contributed by atoms with van der Waals surface area (Å²) in [7, 11) is 0. The summed E-state index contributed by atoms with van der Waals surface area (Å²) in [5.74, 6) is -0.525. The van der Waals surface area contributed by atoms with Crippen LogP contribution in [0.2, 0.25) is 0 Å². The lowest BCUT2D eigenvalue weighted by molar-refractivity contribution is -0.138. The van der Waals surface area contributed by atoms with E-state index in [1.807, 2.05) is 31.2 Å². The number of aromatic nitrogens is 2. The van der Waals surface area contributed by atoms with E-state index in [4.69, 9.17) is 5.11 Å². The molecule has 0 aliphatic heterocycles. The number of aliphatic carboxylic acids is 1. The fraction of sp³-hybridized carbons (Fsp3) is 0.308. The maximum absolute atomic E-state index is 11.0. The molecule has 1 atom stereocenters. The van der Waals surface area contributed by atoms with Gasteiger partial charge in [-0.1, -0.05) is 31.5 Å². The van der Waals surface area contributed by atoms with E-state index >= 15 is 0 Å². The SMILES string of the molecule is CCCC(Nc1ncc2ccccc2n1)C(=O)O. The second-order valence-corrected chi connectivity index (χ2v) is 4.08. The molecular weight excluding hydrogens is 230 g/mol. The Labute approximate surface area is 105 Å². The second kappa shape index (κ2) is 5.44. The van der Waals surface area contributed by atoms with Gasteiger partial charge >= 0.3 is 5.97 Å². The maximum Gasteiger partial charge on any atom is 0.326 e. The van der Waals surface area contributed by atoms with Gasteiger partial charge in [0.1, 0.15) is 6.04 Å². The lowest BCUT2D eigenvalue weighted by Crippen LogP contribution is -2.29. The summed E-state index contributed by atoms with van der Waals surface area (Å²) in [4.78, 5) is 19.5. The fourth-order valence-corrected chi connectivity index (χ4v) is 1.74. The minimum atomic E-state index is -0.881. The second-order valence-electron chi connectivity index (χ2n) is 4.08. The summed E-state index contributed by atoms with van der Waals surface area (Å²) >= 11 is 0. The van der Waals surface area contributed by atoms with Crippen LogP contribution in [0.3, 0.4) is 0 Å². The molecule has 0 saturated heterocycles. The van der Waals surface area contributed by atoms with Crippen LogP contribution in [0, 0.1) is 0 Å². The van der Waals surface area contributed by atoms with Gasteiger partial charge in [-0.25, -0.2) is 14.8 Å². The monoisotopic (exact) mass is 245 g/mol. The topological polar surface area (TPSA) is 75.1 Å². The van der Waals surface area contributed by atoms with Crippen LogP contribution >= 0.6 is 0 Å². The summed E-state index contributed by atoms with van der Waals surface area (Å²) in [6.07, 6.45) is 3.03. The van der Waals surface area contributed by atoms with E-state index in [-0.39, 0.29) is 0 Å². The zero-order chi connectivity index (χ0) is 13.0. The van der Waals surface area contributed by atoms with Gasteiger partial charge in [0.2, 0.25) is 5.95 Å². The molecular formula is C13H15N3O2. The van der Waals surface area contributed by atoms with E-state index in [0.717, 1.165) is 17.3 Å². The molecule has 2 N–H and O–H groups in total. The number of carboxylic acids is 1. The molecule has 2 aromatic rings. The minimum Gasteiger partial charge on any atom is -0.480 e. The number of anilines is 1. The highest BCUT2D eigenvalue weighted by atomic mass is 16.4. The Balaban J connectivity index is 2.22. The van der Waals surface area contributed by atoms with E-state index in [1.165, 1.54) is 0 Å². The molecule has 0 aliphatic carbocycles. The molecule has 0 spiro atoms. The van der Waals surface area contributed by atoms with Crippen molar-refractivity contribution < 1.29 is 9.90 Å². The van der Waals surface area contributed by atoms with E-state index in [9.17, 15) is 4.79 Å². The van der Waals surface area contributed by atoms with Crippen molar-refractivity contribution in [2.24, 2.45) is 0 Å². The summed E-state index contributed by atoms with van der Waals surface area (Å²) in [5, 5.41) is 12.8. The highest BCUT2D eigenvalue weighted by Gasteiger charge is 2.16. The third-order valence-electron chi connectivity index (χ3n) is 2.67. The van der Waals surface area contributed by atoms with Crippen LogP contribution in [-0.4, -0.2) is 27.1 Å². The van der Waals surface area contributed by atoms with E-state index < -0.39 is 12.0 Å². The van der Waals surface area contributed by atoms with Gasteiger partial charge in [0.15, 0.2) is 0 Å². The molecule has 0 saturated carbocycles. The number of carboxylic acid groups (broad SMARTS) is 1. The molecule has 0 amide bonds. The van der Waals surface area contributed by atoms with Crippen molar-refractivity contribution in [1.82, 2.24) is 9.97 Å². The third-order valence-corrected chi connectivity index (χ3v) is 2.67. The van der Waals surface area contributed by atoms with Crippen molar-refractivity contribution in [1.29, 1.82) is 0 Å². The number of para-hydroxylation sites is 1. The van der Waals surface area contributed by atoms with Gasteiger partial charge in [0, 0.05) is 11.6 Å². The zero-order valence-corrected chi connectivity index (χ0v) is 10.1. The van der Waals surface area contributed by atoms with Crippen LogP contribution in [0.4, 0.5) is 5.95 Å². The van der Waals surface area contributed by atoms with Crippen LogP contribution in [0.15, 0.2) is 30.5 Å². The van der Waals surface area contributed by atoms with Gasteiger partial charge in [0.05, 0.1) is 5.52 Å². The number of nitrogens with one attached hydrogen (secondary N) is 1. The standard InChI is InChI=1S/C13H15N3O2/c1-2-5-11(12(17)18)16-13-14-8-9-6-3-4-7-10(9)15-13/h3-4,6-8,11H,2,5H2,1H3,(H,17,18)(H,14,15,16). The van der Waals surface area contributed by atoms with Gasteiger partial charge in [-0.15, -0.1) is 0 Å². The molecule has 0 radical (unpaired) electrons. The largest absolute Gasteiger partial charge is 0.480 e. The Kier molecular flexibility index (Phi) is 3.72. The van der Waals surface area contributed by atoms with Crippen molar-refractivity contribution in [3.05, 3.63) is 30.5 Å². The smallest absolute Gasteiger partial charge is 0.326 e. The van der Waals surface area contributed by atoms with Crippen LogP contribution in [0.5, 0.6) is 0 Å². The predicted octanol–water partition coefficient (Wildman–Crippen LogP) is 2.29. The number of carbonyl (C=O) groups is 1. The first-order valence-electron chi connectivity index (χ1n) is 5.92. The highest BCUT2D eigenvalue weighted by Crippen LogP contribution is 2.13. The van der Waals surface area contributed by atoms with Crippen molar-refractivity contribution in [2.75, 3.05) is 5.32 Å². The molecule has 1 heterocycles. The number of rotatable bonds is 5. The number of benzene rings is 1. The maximum atomic E-state index is 11.0. The summed E-state index contributed by atoms with van der Waals surface area (Å²) < 4.78 is 0. The first-order valence-corrected chi connectivity index (χ1v) is 5.92. The van der Waals surface area contributed by atoms with E-state index in [1.54, 1.807) is 6.20 Å². The van der Waals surface area contributed by atoms with Gasteiger partial charge in [-0.2, -0.15) is 0 Å². The fourth-order valence-electron chi connectivity index (χ4n) is 1.74. The molecule has 1 unspecified atom stereocenters. The summed E-state index contributed by atoms with van der Waals surface area (Å²) in [6, 6.07) is 6.95. The van der Waals surface area contributed by atoms with Crippen molar-refractivity contribution in [3.63, 3.8) is 0 Å². The summed E-state index contributed by atoms with van der Waals surface area (Å²) in [6.45, 7) is 1.94. The normalized spacial score (nSPS) is 12.3. The van der Waals surface area contributed by atoms with Gasteiger partial charge in [-0.05, 0) is 12.5 Å². The average molecular weight is 245 g/mol. The van der Waals surface area contributed by atoms with Crippen LogP contribution in [0.25, 0.3) is 10.9 Å². The molecule has 2 rings (SSSR count). The number of hydrogen-bond acceptors (Lipinski definition) is 4. The highest BCUT2D eigenvalue weighted by molar-refractivity contribution is 5.80. The van der Waals surface area contributed by atoms with Crippen molar-refractivity contribution in [2.45, 2.75) is 25.8 Å². The first-order chi connectivity index (χ1) is 8.70. The van der Waals surface area contributed by atoms with Crippen LogP contribution < -0.4 is 5.32 Å². The third kappa shape index (κ3) is 2.74. The van der Waals surface area contributed by atoms with E-state index in [0.29, 0.717) is 12.4 Å². The number of nitrogens with zero attached hydrogens (tertiary/aromatic N) is 2. The average Bonchev–Trinajstić information content (AvgIpc) is 2.38. The first kappa shape index (κ1) is 12.3. The Bertz CT molecular complexity index is 557. The molecule has 0 fully saturated rings. The van der Waals surface area contributed by atoms with Crippen molar-refractivity contribution in [3.8, 4) is 0 Å². The van der Waals surface area contributed by atoms with Crippen LogP contribution in [0.1, 0.15) is 19.8 Å². The molecule has 1 aromatic carbocycles. The van der Waals surface area contributed by atoms with E-state index in [2.05, 4.69) is 15.3 Å². The lowest BCUT2D eigenvalue weighted by Gasteiger charge is -2.13. The Hall–Kier alpha value is -2.17. The molecule has 94 valence electrons. The lowest BCUT2D eigenvalue weighted by atomic mass is 10.2. The Morgan fingerprint density at radius 3 is 2.94 bits per heavy atom. The Morgan fingerprint density at radius 2 is 2.22 bits per heavy atom. The van der Waals surface area contributed by atoms with Crippen LogP contribution in [-0.2, 0) is 4.79 Å². The zero-order valence-electron chi connectivity index (χ0n) is 10.1. The van der Waals surface area contributed by atoms with Gasteiger partial charge in [0.25, 0.3) is 0 Å². The van der Waals surface area contributed by atoms with Crippen molar-refractivity contribution >= 4 is 22.8 Å². The summed E-state index contributed by atoms with van der Waals surface area (Å²) in [5.41, 5.74) is 0.802. The minimum absolute atomic E-state index is 0.356. The molecule has 5 heteroatoms. The predicted molar refractivity (Wildman–Crippen MR) is 69.5 cm³/mol. The quantitative estimate of drug-likeness (QED) is 0.845. The molecule has 1 aromatic heterocycles. The Morgan fingerprint density at radius 1 is 1.44 bits per heavy atom. The molecule has 18 heavy (non-hydrogen) atoms.